The summed E-state index contributed by atoms with van der Waals surface area (Å²) in [5.41, 5.74) is 11.1. The van der Waals surface area contributed by atoms with E-state index in [4.69, 9.17) is 15.0 Å². The van der Waals surface area contributed by atoms with E-state index in [2.05, 4.69) is 114 Å². The van der Waals surface area contributed by atoms with Crippen LogP contribution in [0.5, 0.6) is 0 Å². The summed E-state index contributed by atoms with van der Waals surface area (Å²) < 4.78 is 2.33. The Kier molecular flexibility index (Phi) is 4.79. The van der Waals surface area contributed by atoms with E-state index in [1.54, 1.807) is 11.1 Å². The van der Waals surface area contributed by atoms with E-state index >= 15 is 0 Å². The first-order chi connectivity index (χ1) is 23.7. The zero-order valence-electron chi connectivity index (χ0n) is 26.7. The van der Waals surface area contributed by atoms with E-state index in [0.29, 0.717) is 23.0 Å². The van der Waals surface area contributed by atoms with Gasteiger partial charge in [-0.15, -0.1) is 0 Å². The zero-order valence-corrected chi connectivity index (χ0v) is 26.7. The second-order valence-corrected chi connectivity index (χ2v) is 15.4. The van der Waals surface area contributed by atoms with Crippen LogP contribution in [0.1, 0.15) is 43.2 Å². The smallest absolute Gasteiger partial charge is 0.238 e. The quantitative estimate of drug-likeness (QED) is 0.198. The third kappa shape index (κ3) is 3.02. The molecule has 4 unspecified atom stereocenters. The fourth-order valence-electron chi connectivity index (χ4n) is 12.2. The lowest BCUT2D eigenvalue weighted by atomic mass is 9.38. The molecule has 7 aromatic rings. The van der Waals surface area contributed by atoms with Gasteiger partial charge in [0.2, 0.25) is 5.95 Å². The SMILES string of the molecule is c1ccc(-c2nc(-c3ccccc3)nc(-n3c4ccccc4c4cc5c(cc43)C3(c4ccccc4-5)C4CC5CC6CC3C4(C5)C6)n2)cc1. The first-order valence-electron chi connectivity index (χ1n) is 17.8. The number of para-hydroxylation sites is 1. The van der Waals surface area contributed by atoms with Crippen molar-refractivity contribution in [1.29, 1.82) is 0 Å². The van der Waals surface area contributed by atoms with Gasteiger partial charge in [0.25, 0.3) is 0 Å². The van der Waals surface area contributed by atoms with Crippen LogP contribution >= 0.6 is 0 Å². The summed E-state index contributed by atoms with van der Waals surface area (Å²) in [4.78, 5) is 15.5. The van der Waals surface area contributed by atoms with Gasteiger partial charge in [-0.25, -0.2) is 4.98 Å². The van der Waals surface area contributed by atoms with E-state index in [1.807, 2.05) is 12.1 Å². The summed E-state index contributed by atoms with van der Waals surface area (Å²) in [6.07, 6.45) is 7.21. The van der Waals surface area contributed by atoms with E-state index in [1.165, 1.54) is 59.5 Å². The summed E-state index contributed by atoms with van der Waals surface area (Å²) >= 11 is 0. The van der Waals surface area contributed by atoms with Crippen molar-refractivity contribution in [2.75, 3.05) is 0 Å². The second-order valence-electron chi connectivity index (χ2n) is 15.4. The number of nitrogens with zero attached hydrogens (tertiary/aromatic N) is 4. The Bertz CT molecular complexity index is 2400. The third-order valence-corrected chi connectivity index (χ3v) is 13.4. The molecule has 4 fully saturated rings. The van der Waals surface area contributed by atoms with Crippen LogP contribution in [0, 0.1) is 29.1 Å². The van der Waals surface area contributed by atoms with Crippen molar-refractivity contribution in [3.8, 4) is 39.9 Å². The lowest BCUT2D eigenvalue weighted by Crippen LogP contribution is -2.62. The molecule has 2 spiro atoms. The number of fused-ring (bicyclic) bond motifs is 12. The third-order valence-electron chi connectivity index (χ3n) is 13.4. The highest BCUT2D eigenvalue weighted by Gasteiger charge is 2.79. The Morgan fingerprint density at radius 3 is 1.85 bits per heavy atom. The van der Waals surface area contributed by atoms with Gasteiger partial charge in [-0.05, 0) is 102 Å². The number of hydrogen-bond acceptors (Lipinski definition) is 3. The number of hydrogen-bond donors (Lipinski definition) is 0. The van der Waals surface area contributed by atoms with Gasteiger partial charge in [0.1, 0.15) is 0 Å². The molecule has 5 aliphatic rings. The van der Waals surface area contributed by atoms with Gasteiger partial charge in [0, 0.05) is 27.3 Å². The summed E-state index contributed by atoms with van der Waals surface area (Å²) in [6, 6.07) is 44.0. The zero-order chi connectivity index (χ0) is 31.2. The summed E-state index contributed by atoms with van der Waals surface area (Å²) in [5.74, 6) is 5.38. The number of aromatic nitrogens is 4. The molecule has 0 saturated heterocycles. The van der Waals surface area contributed by atoms with Crippen molar-refractivity contribution in [2.24, 2.45) is 29.1 Å². The van der Waals surface area contributed by atoms with Crippen LogP contribution in [-0.2, 0) is 5.41 Å². The van der Waals surface area contributed by atoms with Crippen molar-refractivity contribution in [2.45, 2.75) is 37.5 Å². The Balaban J connectivity index is 1.16. The van der Waals surface area contributed by atoms with E-state index in [0.717, 1.165) is 40.3 Å². The summed E-state index contributed by atoms with van der Waals surface area (Å²) in [5, 5.41) is 2.51. The molecular formula is C44H34N4. The number of rotatable bonds is 3. The maximum absolute atomic E-state index is 5.24. The van der Waals surface area contributed by atoms with Gasteiger partial charge in [0.15, 0.2) is 11.6 Å². The van der Waals surface area contributed by atoms with E-state index < -0.39 is 0 Å². The fraction of sp³-hybridized carbons (Fsp3) is 0.250. The lowest BCUT2D eigenvalue weighted by molar-refractivity contribution is -0.0819. The predicted octanol–water partition coefficient (Wildman–Crippen LogP) is 10.0. The standard InChI is InChI=1S/C44H34N4/c1-3-11-28(12-4-1)40-45-41(29-13-5-2-6-14-29)47-42(46-40)48-36-18-10-8-16-31(36)33-22-32-30-15-7-9-17-34(30)44(35(32)23-37(33)48)38-20-26-19-27-21-39(44)43(38,24-26)25-27/h1-18,22-23,26-27,38-39H,19-21,24-25H2. The Morgan fingerprint density at radius 1 is 0.521 bits per heavy atom. The van der Waals surface area contributed by atoms with Gasteiger partial charge in [-0.1, -0.05) is 103 Å². The summed E-state index contributed by atoms with van der Waals surface area (Å²) in [7, 11) is 0. The maximum Gasteiger partial charge on any atom is 0.238 e. The molecule has 3 bridgehead atoms. The molecule has 12 rings (SSSR count). The van der Waals surface area contributed by atoms with Crippen molar-refractivity contribution >= 4 is 21.8 Å². The highest BCUT2D eigenvalue weighted by atomic mass is 15.2. The van der Waals surface area contributed by atoms with Crippen molar-refractivity contribution in [1.82, 2.24) is 19.5 Å². The molecule has 2 heterocycles. The van der Waals surface area contributed by atoms with Gasteiger partial charge in [-0.2, -0.15) is 9.97 Å². The largest absolute Gasteiger partial charge is 0.278 e. The van der Waals surface area contributed by atoms with Crippen LogP contribution in [0.3, 0.4) is 0 Å². The first-order valence-corrected chi connectivity index (χ1v) is 17.8. The fourth-order valence-corrected chi connectivity index (χ4v) is 12.2. The van der Waals surface area contributed by atoms with Gasteiger partial charge in [-0.3, -0.25) is 4.57 Å². The van der Waals surface area contributed by atoms with Crippen molar-refractivity contribution in [3.63, 3.8) is 0 Å². The van der Waals surface area contributed by atoms with Crippen molar-refractivity contribution < 1.29 is 0 Å². The normalized spacial score (nSPS) is 28.6. The van der Waals surface area contributed by atoms with Gasteiger partial charge < -0.3 is 0 Å². The minimum absolute atomic E-state index is 0.120. The van der Waals surface area contributed by atoms with Crippen LogP contribution in [0.2, 0.25) is 0 Å². The minimum atomic E-state index is 0.120. The highest BCUT2D eigenvalue weighted by Crippen LogP contribution is 2.85. The lowest BCUT2D eigenvalue weighted by Gasteiger charge is -2.64. The van der Waals surface area contributed by atoms with Crippen LogP contribution < -0.4 is 0 Å². The van der Waals surface area contributed by atoms with Crippen LogP contribution in [-0.4, -0.2) is 19.5 Å². The molecular weight excluding hydrogens is 585 g/mol. The molecule has 0 N–H and O–H groups in total. The molecule has 5 aromatic carbocycles. The molecule has 230 valence electrons. The molecule has 48 heavy (non-hydrogen) atoms. The Morgan fingerprint density at radius 2 is 1.15 bits per heavy atom. The molecule has 4 saturated carbocycles. The summed E-state index contributed by atoms with van der Waals surface area (Å²) in [6.45, 7) is 0. The van der Waals surface area contributed by atoms with E-state index in [-0.39, 0.29) is 5.41 Å². The number of benzene rings is 5. The molecule has 2 aromatic heterocycles. The Labute approximate surface area is 279 Å². The first kappa shape index (κ1) is 25.9. The predicted molar refractivity (Wildman–Crippen MR) is 191 cm³/mol. The molecule has 0 amide bonds. The van der Waals surface area contributed by atoms with Crippen molar-refractivity contribution in [3.05, 3.63) is 132 Å². The molecule has 0 radical (unpaired) electrons. The average molecular weight is 619 g/mol. The average Bonchev–Trinajstić information content (AvgIpc) is 3.78. The molecule has 4 nitrogen and oxygen atoms in total. The second kappa shape index (κ2) is 8.87. The molecule has 4 heteroatoms. The molecule has 5 aliphatic carbocycles. The Hall–Kier alpha value is -5.09. The van der Waals surface area contributed by atoms with Crippen LogP contribution in [0.4, 0.5) is 0 Å². The molecule has 4 atom stereocenters. The minimum Gasteiger partial charge on any atom is -0.278 e. The maximum atomic E-state index is 5.24. The topological polar surface area (TPSA) is 43.6 Å². The van der Waals surface area contributed by atoms with Crippen LogP contribution in [0.15, 0.2) is 121 Å². The van der Waals surface area contributed by atoms with Gasteiger partial charge >= 0.3 is 0 Å². The monoisotopic (exact) mass is 618 g/mol. The van der Waals surface area contributed by atoms with Gasteiger partial charge in [0.05, 0.1) is 11.0 Å². The van der Waals surface area contributed by atoms with Crippen LogP contribution in [0.25, 0.3) is 61.7 Å². The van der Waals surface area contributed by atoms with E-state index in [9.17, 15) is 0 Å². The molecule has 0 aliphatic heterocycles. The highest BCUT2D eigenvalue weighted by molar-refractivity contribution is 6.11.